The Hall–Kier alpha value is -1.65. The molecule has 0 aromatic heterocycles. The van der Waals surface area contributed by atoms with Gasteiger partial charge in [-0.15, -0.1) is 11.8 Å². The van der Waals surface area contributed by atoms with Crippen molar-refractivity contribution in [1.82, 2.24) is 14.1 Å². The molecule has 0 radical (unpaired) electrons. The van der Waals surface area contributed by atoms with E-state index < -0.39 is 21.9 Å². The maximum Gasteiger partial charge on any atom is 0.246 e. The van der Waals surface area contributed by atoms with Crippen LogP contribution in [0.4, 0.5) is 4.39 Å². The Labute approximate surface area is 167 Å². The topological polar surface area (TPSA) is 78.0 Å². The summed E-state index contributed by atoms with van der Waals surface area (Å²) < 4.78 is 39.8. The number of hydrogen-bond donors (Lipinski definition) is 0. The summed E-state index contributed by atoms with van der Waals surface area (Å²) in [6.45, 7) is 2.91. The monoisotopic (exact) mass is 427 g/mol. The van der Waals surface area contributed by atoms with Crippen LogP contribution in [0.3, 0.4) is 0 Å². The van der Waals surface area contributed by atoms with E-state index in [4.69, 9.17) is 0 Å². The zero-order valence-electron chi connectivity index (χ0n) is 15.5. The normalized spacial score (nSPS) is 28.6. The third-order valence-electron chi connectivity index (χ3n) is 5.73. The van der Waals surface area contributed by atoms with Crippen LogP contribution in [0.5, 0.6) is 0 Å². The molecule has 3 fully saturated rings. The molecular weight excluding hydrogens is 405 g/mol. The summed E-state index contributed by atoms with van der Waals surface area (Å²) in [7, 11) is -3.72. The van der Waals surface area contributed by atoms with E-state index in [1.54, 1.807) is 21.6 Å². The highest BCUT2D eigenvalue weighted by Crippen LogP contribution is 2.47. The quantitative estimate of drug-likeness (QED) is 0.722. The molecule has 3 heterocycles. The van der Waals surface area contributed by atoms with Gasteiger partial charge in [0.2, 0.25) is 21.8 Å². The van der Waals surface area contributed by atoms with E-state index >= 15 is 0 Å². The van der Waals surface area contributed by atoms with Crippen molar-refractivity contribution in [3.63, 3.8) is 0 Å². The number of rotatable bonds is 3. The van der Waals surface area contributed by atoms with Gasteiger partial charge in [-0.25, -0.2) is 12.8 Å². The molecule has 1 aromatic rings. The molecule has 0 saturated carbocycles. The van der Waals surface area contributed by atoms with E-state index in [0.29, 0.717) is 12.2 Å². The van der Waals surface area contributed by atoms with Gasteiger partial charge in [0.1, 0.15) is 11.9 Å². The summed E-state index contributed by atoms with van der Waals surface area (Å²) >= 11 is 1.64. The zero-order chi connectivity index (χ0) is 20.1. The summed E-state index contributed by atoms with van der Waals surface area (Å²) in [5.74, 6) is -0.00393. The fourth-order valence-corrected chi connectivity index (χ4v) is 6.96. The number of nitrogens with zero attached hydrogens (tertiary/aromatic N) is 3. The number of carbonyl (C=O) groups is 2. The van der Waals surface area contributed by atoms with Gasteiger partial charge < -0.3 is 9.80 Å². The Morgan fingerprint density at radius 3 is 2.46 bits per heavy atom. The van der Waals surface area contributed by atoms with Crippen molar-refractivity contribution in [2.45, 2.75) is 35.6 Å². The lowest BCUT2D eigenvalue weighted by atomic mass is 10.2. The van der Waals surface area contributed by atoms with Gasteiger partial charge in [0.05, 0.1) is 9.77 Å². The molecule has 0 N–H and O–H groups in total. The van der Waals surface area contributed by atoms with E-state index in [2.05, 4.69) is 0 Å². The van der Waals surface area contributed by atoms with E-state index in [1.807, 2.05) is 6.92 Å². The Kier molecular flexibility index (Phi) is 4.91. The highest BCUT2D eigenvalue weighted by molar-refractivity contribution is 8.01. The number of carbonyl (C=O) groups excluding carboxylic acids is 2. The molecule has 2 unspecified atom stereocenters. The number of fused-ring (bicyclic) bond motifs is 1. The Bertz CT molecular complexity index is 900. The first-order valence-corrected chi connectivity index (χ1v) is 11.7. The fourth-order valence-electron chi connectivity index (χ4n) is 4.12. The van der Waals surface area contributed by atoms with Crippen molar-refractivity contribution in [2.24, 2.45) is 0 Å². The molecule has 2 amide bonds. The van der Waals surface area contributed by atoms with Crippen LogP contribution in [0.15, 0.2) is 29.2 Å². The molecule has 0 aliphatic carbocycles. The van der Waals surface area contributed by atoms with Crippen LogP contribution in [0, 0.1) is 5.82 Å². The Morgan fingerprint density at radius 2 is 1.82 bits per heavy atom. The highest BCUT2D eigenvalue weighted by atomic mass is 32.2. The summed E-state index contributed by atoms with van der Waals surface area (Å²) in [5.41, 5.74) is 0. The van der Waals surface area contributed by atoms with Gasteiger partial charge in [-0.3, -0.25) is 9.59 Å². The maximum absolute atomic E-state index is 13.1. The first kappa shape index (κ1) is 19.7. The van der Waals surface area contributed by atoms with Crippen molar-refractivity contribution in [3.8, 4) is 0 Å². The molecule has 7 nitrogen and oxygen atoms in total. The third kappa shape index (κ3) is 3.21. The van der Waals surface area contributed by atoms with E-state index in [1.165, 1.54) is 16.4 Å². The molecule has 1 aromatic carbocycles. The van der Waals surface area contributed by atoms with E-state index in [9.17, 15) is 22.4 Å². The van der Waals surface area contributed by atoms with E-state index in [0.717, 1.165) is 18.6 Å². The third-order valence-corrected chi connectivity index (χ3v) is 9.15. The van der Waals surface area contributed by atoms with Crippen LogP contribution >= 0.6 is 11.8 Å². The van der Waals surface area contributed by atoms with Gasteiger partial charge in [0.25, 0.3) is 0 Å². The first-order chi connectivity index (χ1) is 13.2. The van der Waals surface area contributed by atoms with Crippen LogP contribution in [0.2, 0.25) is 0 Å². The van der Waals surface area contributed by atoms with Crippen LogP contribution in [0.1, 0.15) is 19.8 Å². The molecule has 3 aliphatic heterocycles. The Morgan fingerprint density at radius 1 is 1.18 bits per heavy atom. The molecule has 152 valence electrons. The summed E-state index contributed by atoms with van der Waals surface area (Å²) in [4.78, 5) is 28.4. The number of halogens is 1. The zero-order valence-corrected chi connectivity index (χ0v) is 17.1. The minimum Gasteiger partial charge on any atom is -0.338 e. The van der Waals surface area contributed by atoms with E-state index in [-0.39, 0.29) is 47.8 Å². The molecule has 2 atom stereocenters. The average Bonchev–Trinajstić information content (AvgIpc) is 3.17. The average molecular weight is 428 g/mol. The van der Waals surface area contributed by atoms with Gasteiger partial charge in [-0.2, -0.15) is 4.31 Å². The van der Waals surface area contributed by atoms with Crippen LogP contribution in [-0.2, 0) is 19.6 Å². The predicted octanol–water partition coefficient (Wildman–Crippen LogP) is 1.11. The molecule has 10 heteroatoms. The lowest BCUT2D eigenvalue weighted by molar-refractivity contribution is -0.144. The minimum atomic E-state index is -3.72. The van der Waals surface area contributed by atoms with Crippen LogP contribution in [-0.4, -0.2) is 77.2 Å². The van der Waals surface area contributed by atoms with Gasteiger partial charge in [0.15, 0.2) is 0 Å². The largest absolute Gasteiger partial charge is 0.338 e. The van der Waals surface area contributed by atoms with Gasteiger partial charge >= 0.3 is 0 Å². The molecular formula is C18H22FN3O4S2. The lowest BCUT2D eigenvalue weighted by Crippen LogP contribution is -2.56. The minimum absolute atomic E-state index is 0.0170. The molecule has 3 saturated heterocycles. The second-order valence-corrected chi connectivity index (χ2v) is 10.9. The number of piperazine rings is 1. The summed E-state index contributed by atoms with van der Waals surface area (Å²) in [6, 6.07) is 4.27. The predicted molar refractivity (Wildman–Crippen MR) is 102 cm³/mol. The number of sulfonamides is 1. The first-order valence-electron chi connectivity index (χ1n) is 9.23. The number of hydrogen-bond acceptors (Lipinski definition) is 5. The van der Waals surface area contributed by atoms with Crippen molar-refractivity contribution < 1.29 is 22.4 Å². The van der Waals surface area contributed by atoms with Gasteiger partial charge in [-0.1, -0.05) is 0 Å². The number of benzene rings is 1. The standard InChI is InChI=1S/C18H22FN3O4S2/c1-18-7-6-16(23)22(18)15(12-27-18)17(24)20-8-10-21(11-9-20)28(25,26)14-4-2-13(19)3-5-14/h2-5,15H,6-12H2,1H3. The van der Waals surface area contributed by atoms with Gasteiger partial charge in [0, 0.05) is 38.4 Å². The maximum atomic E-state index is 13.1. The number of thioether (sulfide) groups is 1. The SMILES string of the molecule is CC12CCC(=O)N1C(C(=O)N1CCN(S(=O)(=O)c3ccc(F)cc3)CC1)CS2. The van der Waals surface area contributed by atoms with Crippen molar-refractivity contribution in [2.75, 3.05) is 31.9 Å². The molecule has 28 heavy (non-hydrogen) atoms. The molecule has 0 bridgehead atoms. The van der Waals surface area contributed by atoms with Gasteiger partial charge in [-0.05, 0) is 37.6 Å². The molecule has 4 rings (SSSR count). The second kappa shape index (κ2) is 7.00. The smallest absolute Gasteiger partial charge is 0.246 e. The van der Waals surface area contributed by atoms with Crippen LogP contribution < -0.4 is 0 Å². The van der Waals surface area contributed by atoms with Crippen molar-refractivity contribution >= 4 is 33.6 Å². The lowest BCUT2D eigenvalue weighted by Gasteiger charge is -2.37. The molecule has 0 spiro atoms. The number of amides is 2. The Balaban J connectivity index is 1.42. The summed E-state index contributed by atoms with van der Waals surface area (Å²) in [6.07, 6.45) is 1.22. The summed E-state index contributed by atoms with van der Waals surface area (Å²) in [5, 5.41) is 0. The second-order valence-electron chi connectivity index (χ2n) is 7.45. The molecule has 3 aliphatic rings. The highest BCUT2D eigenvalue weighted by Gasteiger charge is 2.53. The van der Waals surface area contributed by atoms with Crippen molar-refractivity contribution in [3.05, 3.63) is 30.1 Å². The van der Waals surface area contributed by atoms with Crippen molar-refractivity contribution in [1.29, 1.82) is 0 Å². The van der Waals surface area contributed by atoms with Crippen LogP contribution in [0.25, 0.3) is 0 Å². The fraction of sp³-hybridized carbons (Fsp3) is 0.556.